The summed E-state index contributed by atoms with van der Waals surface area (Å²) in [5, 5.41) is 12.6. The molecule has 1 aromatic heterocycles. The molecule has 1 saturated heterocycles. The fourth-order valence-corrected chi connectivity index (χ4v) is 4.20. The summed E-state index contributed by atoms with van der Waals surface area (Å²) in [5.74, 6) is 0.644. The summed E-state index contributed by atoms with van der Waals surface area (Å²) in [5.41, 5.74) is 3.69. The molecule has 142 valence electrons. The zero-order valence-corrected chi connectivity index (χ0v) is 15.8. The van der Waals surface area contributed by atoms with Crippen molar-refractivity contribution < 1.29 is 5.11 Å². The summed E-state index contributed by atoms with van der Waals surface area (Å²) < 4.78 is 1.75. The molecule has 1 aliphatic heterocycles. The van der Waals surface area contributed by atoms with E-state index in [4.69, 9.17) is 0 Å². The van der Waals surface area contributed by atoms with Gasteiger partial charge >= 0.3 is 5.69 Å². The first-order chi connectivity index (χ1) is 13.2. The highest BCUT2D eigenvalue weighted by molar-refractivity contribution is 5.79. The van der Waals surface area contributed by atoms with E-state index < -0.39 is 6.10 Å². The molecule has 27 heavy (non-hydrogen) atoms. The number of imidazole rings is 1. The minimum atomic E-state index is -0.564. The molecule has 0 saturated carbocycles. The molecule has 0 spiro atoms. The number of rotatable bonds is 5. The van der Waals surface area contributed by atoms with E-state index in [0.717, 1.165) is 48.9 Å². The molecule has 2 heterocycles. The first-order valence-corrected chi connectivity index (χ1v) is 9.88. The first kappa shape index (κ1) is 17.9. The lowest BCUT2D eigenvalue weighted by molar-refractivity contribution is 0.174. The Balaban J connectivity index is 1.57. The van der Waals surface area contributed by atoms with Crippen molar-refractivity contribution in [1.82, 2.24) is 9.66 Å². The first-order valence-electron chi connectivity index (χ1n) is 9.88. The van der Waals surface area contributed by atoms with E-state index in [2.05, 4.69) is 40.3 Å². The van der Waals surface area contributed by atoms with Crippen molar-refractivity contribution in [1.29, 1.82) is 0 Å². The van der Waals surface area contributed by atoms with Gasteiger partial charge in [-0.3, -0.25) is 0 Å². The minimum Gasteiger partial charge on any atom is -0.388 e. The molecule has 5 nitrogen and oxygen atoms in total. The van der Waals surface area contributed by atoms with E-state index in [0.29, 0.717) is 12.3 Å². The Morgan fingerprint density at radius 3 is 2.56 bits per heavy atom. The number of hydrogen-bond donors (Lipinski definition) is 2. The fourth-order valence-electron chi connectivity index (χ4n) is 4.20. The van der Waals surface area contributed by atoms with Crippen LogP contribution < -0.4 is 10.7 Å². The number of aliphatic hydroxyl groups excluding tert-OH is 1. The smallest absolute Gasteiger partial charge is 0.345 e. The van der Waals surface area contributed by atoms with Crippen molar-refractivity contribution in [3.05, 3.63) is 70.1 Å². The van der Waals surface area contributed by atoms with Gasteiger partial charge in [0.05, 0.1) is 17.1 Å². The van der Waals surface area contributed by atoms with Crippen molar-refractivity contribution in [2.45, 2.75) is 38.7 Å². The Hall–Kier alpha value is -2.53. The van der Waals surface area contributed by atoms with Gasteiger partial charge in [0.1, 0.15) is 0 Å². The van der Waals surface area contributed by atoms with Crippen molar-refractivity contribution in [3.63, 3.8) is 0 Å². The Kier molecular flexibility index (Phi) is 5.03. The number of nitrogens with zero attached hydrogens (tertiary/aromatic N) is 2. The van der Waals surface area contributed by atoms with Crippen LogP contribution in [0.25, 0.3) is 11.0 Å². The van der Waals surface area contributed by atoms with Crippen molar-refractivity contribution in [3.8, 4) is 0 Å². The highest BCUT2D eigenvalue weighted by Gasteiger charge is 2.24. The summed E-state index contributed by atoms with van der Waals surface area (Å²) in [4.78, 5) is 15.6. The number of H-pyrrole nitrogens is 1. The van der Waals surface area contributed by atoms with Gasteiger partial charge in [0.25, 0.3) is 0 Å². The number of aromatic amines is 1. The second kappa shape index (κ2) is 7.61. The molecule has 0 bridgehead atoms. The number of aromatic nitrogens is 2. The van der Waals surface area contributed by atoms with Crippen molar-refractivity contribution >= 4 is 11.0 Å². The summed E-state index contributed by atoms with van der Waals surface area (Å²) in [6.45, 7) is 3.65. The van der Waals surface area contributed by atoms with Crippen LogP contribution in [-0.2, 0) is 6.42 Å². The fraction of sp³-hybridized carbons (Fsp3) is 0.409. The number of fused-ring (bicyclic) bond motifs is 1. The standard InChI is InChI=1S/C22H27N3O2/c1-2-20(26)18-9-6-10-19-21(18)25(22(27)23-19)24-13-11-17(12-14-24)15-16-7-4-3-5-8-16/h3-10,17,20,26H,2,11-15H2,1H3,(H,23,27). The van der Waals surface area contributed by atoms with Crippen molar-refractivity contribution in [2.24, 2.45) is 5.92 Å². The van der Waals surface area contributed by atoms with E-state index in [9.17, 15) is 9.90 Å². The maximum absolute atomic E-state index is 12.7. The third-order valence-corrected chi connectivity index (χ3v) is 5.70. The maximum Gasteiger partial charge on any atom is 0.345 e. The Morgan fingerprint density at radius 2 is 1.85 bits per heavy atom. The van der Waals surface area contributed by atoms with Gasteiger partial charge in [-0.2, -0.15) is 0 Å². The minimum absolute atomic E-state index is 0.123. The van der Waals surface area contributed by atoms with Crippen LogP contribution >= 0.6 is 0 Å². The van der Waals surface area contributed by atoms with Crippen LogP contribution in [0.1, 0.15) is 43.4 Å². The van der Waals surface area contributed by atoms with Gasteiger partial charge in [-0.15, -0.1) is 0 Å². The van der Waals surface area contributed by atoms with Gasteiger partial charge in [-0.1, -0.05) is 49.4 Å². The predicted molar refractivity (Wildman–Crippen MR) is 109 cm³/mol. The Morgan fingerprint density at radius 1 is 1.11 bits per heavy atom. The SMILES string of the molecule is CCC(O)c1cccc2[nH]c(=O)n(N3CCC(Cc4ccccc4)CC3)c12. The molecule has 1 atom stereocenters. The summed E-state index contributed by atoms with van der Waals surface area (Å²) >= 11 is 0. The Labute approximate surface area is 159 Å². The molecular formula is C22H27N3O2. The number of aliphatic hydroxyl groups is 1. The molecular weight excluding hydrogens is 338 g/mol. The molecule has 1 fully saturated rings. The summed E-state index contributed by atoms with van der Waals surface area (Å²) in [7, 11) is 0. The molecule has 4 rings (SSSR count). The molecule has 1 aliphatic rings. The van der Waals surface area contributed by atoms with Crippen LogP contribution in [0, 0.1) is 5.92 Å². The molecule has 5 heteroatoms. The number of para-hydroxylation sites is 1. The van der Waals surface area contributed by atoms with E-state index in [1.807, 2.05) is 25.1 Å². The van der Waals surface area contributed by atoms with Crippen LogP contribution in [0.3, 0.4) is 0 Å². The van der Waals surface area contributed by atoms with Crippen LogP contribution in [0.5, 0.6) is 0 Å². The lowest BCUT2D eigenvalue weighted by atomic mass is 9.91. The lowest BCUT2D eigenvalue weighted by Crippen LogP contribution is -2.46. The van der Waals surface area contributed by atoms with Crippen LogP contribution in [0.15, 0.2) is 53.3 Å². The quantitative estimate of drug-likeness (QED) is 0.729. The average Bonchev–Trinajstić information content (AvgIpc) is 3.04. The number of piperidine rings is 1. The average molecular weight is 365 g/mol. The van der Waals surface area contributed by atoms with E-state index in [-0.39, 0.29) is 5.69 Å². The normalized spacial score (nSPS) is 16.7. The largest absolute Gasteiger partial charge is 0.388 e. The Bertz CT molecular complexity index is 953. The van der Waals surface area contributed by atoms with E-state index in [1.165, 1.54) is 5.56 Å². The molecule has 0 radical (unpaired) electrons. The molecule has 0 aliphatic carbocycles. The summed E-state index contributed by atoms with van der Waals surface area (Å²) in [6.07, 6.45) is 3.28. The van der Waals surface area contributed by atoms with Crippen LogP contribution in [0.2, 0.25) is 0 Å². The van der Waals surface area contributed by atoms with Gasteiger partial charge in [0.15, 0.2) is 0 Å². The molecule has 1 unspecified atom stereocenters. The van der Waals surface area contributed by atoms with E-state index in [1.54, 1.807) is 4.68 Å². The lowest BCUT2D eigenvalue weighted by Gasteiger charge is -2.34. The van der Waals surface area contributed by atoms with Gasteiger partial charge in [-0.05, 0) is 43.2 Å². The van der Waals surface area contributed by atoms with E-state index >= 15 is 0 Å². The molecule has 0 amide bonds. The topological polar surface area (TPSA) is 61.3 Å². The van der Waals surface area contributed by atoms with Crippen LogP contribution in [-0.4, -0.2) is 27.9 Å². The summed E-state index contributed by atoms with van der Waals surface area (Å²) in [6, 6.07) is 16.3. The molecule has 2 N–H and O–H groups in total. The zero-order chi connectivity index (χ0) is 18.8. The second-order valence-corrected chi connectivity index (χ2v) is 7.50. The molecule has 2 aromatic carbocycles. The third-order valence-electron chi connectivity index (χ3n) is 5.70. The third kappa shape index (κ3) is 3.52. The van der Waals surface area contributed by atoms with Gasteiger partial charge in [0, 0.05) is 18.7 Å². The molecule has 3 aromatic rings. The van der Waals surface area contributed by atoms with Crippen LogP contribution in [0.4, 0.5) is 0 Å². The number of nitrogens with one attached hydrogen (secondary N) is 1. The second-order valence-electron chi connectivity index (χ2n) is 7.50. The highest BCUT2D eigenvalue weighted by atomic mass is 16.3. The number of benzene rings is 2. The maximum atomic E-state index is 12.7. The zero-order valence-electron chi connectivity index (χ0n) is 15.8. The number of hydrogen-bond acceptors (Lipinski definition) is 3. The van der Waals surface area contributed by atoms with Gasteiger partial charge in [-0.25, -0.2) is 9.47 Å². The van der Waals surface area contributed by atoms with Gasteiger partial charge < -0.3 is 15.1 Å². The monoisotopic (exact) mass is 365 g/mol. The highest BCUT2D eigenvalue weighted by Crippen LogP contribution is 2.27. The predicted octanol–water partition coefficient (Wildman–Crippen LogP) is 3.36. The van der Waals surface area contributed by atoms with Crippen molar-refractivity contribution in [2.75, 3.05) is 18.1 Å². The van der Waals surface area contributed by atoms with Gasteiger partial charge in [0.2, 0.25) is 0 Å².